The second-order valence-electron chi connectivity index (χ2n) is 7.50. The van der Waals surface area contributed by atoms with E-state index in [1.165, 1.54) is 16.6 Å². The lowest BCUT2D eigenvalue weighted by Crippen LogP contribution is -2.27. The van der Waals surface area contributed by atoms with Crippen LogP contribution in [-0.4, -0.2) is 37.9 Å². The van der Waals surface area contributed by atoms with Crippen LogP contribution in [0.3, 0.4) is 0 Å². The third-order valence-corrected chi connectivity index (χ3v) is 7.13. The van der Waals surface area contributed by atoms with Gasteiger partial charge >= 0.3 is 0 Å². The number of H-pyrrole nitrogens is 1. The maximum absolute atomic E-state index is 13.1. The van der Waals surface area contributed by atoms with Crippen LogP contribution in [-0.2, 0) is 11.2 Å². The predicted octanol–water partition coefficient (Wildman–Crippen LogP) is 4.35. The Labute approximate surface area is 197 Å². The third-order valence-electron chi connectivity index (χ3n) is 5.29. The minimum atomic E-state index is -0.520. The number of thioether (sulfide) groups is 1. The molecule has 0 radical (unpaired) electrons. The van der Waals surface area contributed by atoms with Gasteiger partial charge in [0.25, 0.3) is 0 Å². The maximum atomic E-state index is 13.1. The number of rotatable bonds is 6. The number of fused-ring (bicyclic) bond motifs is 2. The van der Waals surface area contributed by atoms with E-state index in [9.17, 15) is 14.4 Å². The van der Waals surface area contributed by atoms with Gasteiger partial charge in [-0.15, -0.1) is 16.4 Å². The minimum absolute atomic E-state index is 0.224. The van der Waals surface area contributed by atoms with Crippen LogP contribution in [0.1, 0.15) is 49.5 Å². The summed E-state index contributed by atoms with van der Waals surface area (Å²) >= 11 is 2.86. The topological polar surface area (TPSA) is 105 Å². The molecule has 0 saturated heterocycles. The van der Waals surface area contributed by atoms with Crippen LogP contribution >= 0.6 is 23.1 Å². The van der Waals surface area contributed by atoms with Crippen LogP contribution in [0.5, 0.6) is 0 Å². The quantitative estimate of drug-likeness (QED) is 0.355. The van der Waals surface area contributed by atoms with Gasteiger partial charge in [-0.3, -0.25) is 19.5 Å². The molecule has 0 unspecified atom stereocenters. The van der Waals surface area contributed by atoms with E-state index >= 15 is 0 Å². The predicted molar refractivity (Wildman–Crippen MR) is 127 cm³/mol. The zero-order valence-corrected chi connectivity index (χ0v) is 19.1. The Bertz CT molecular complexity index is 1380. The van der Waals surface area contributed by atoms with Gasteiger partial charge in [0.05, 0.1) is 16.5 Å². The molecular weight excluding hydrogens is 456 g/mol. The Morgan fingerprint density at radius 1 is 1.03 bits per heavy atom. The van der Waals surface area contributed by atoms with Crippen LogP contribution in [0.15, 0.2) is 65.1 Å². The van der Waals surface area contributed by atoms with Crippen molar-refractivity contribution < 1.29 is 14.4 Å². The summed E-state index contributed by atoms with van der Waals surface area (Å²) in [7, 11) is 0. The average molecular weight is 475 g/mol. The van der Waals surface area contributed by atoms with Gasteiger partial charge in [0.1, 0.15) is 5.82 Å². The van der Waals surface area contributed by atoms with Gasteiger partial charge in [0, 0.05) is 28.0 Å². The van der Waals surface area contributed by atoms with Crippen LogP contribution < -0.4 is 5.32 Å². The molecule has 1 aliphatic carbocycles. The summed E-state index contributed by atoms with van der Waals surface area (Å²) in [6.45, 7) is 1.74. The second-order valence-corrected chi connectivity index (χ2v) is 9.84. The Morgan fingerprint density at radius 3 is 2.55 bits per heavy atom. The molecule has 0 fully saturated rings. The van der Waals surface area contributed by atoms with E-state index in [-0.39, 0.29) is 23.0 Å². The first-order valence-electron chi connectivity index (χ1n) is 10.2. The Morgan fingerprint density at radius 2 is 1.79 bits per heavy atom. The first-order valence-corrected chi connectivity index (χ1v) is 12.0. The summed E-state index contributed by atoms with van der Waals surface area (Å²) < 4.78 is 0. The number of anilines is 1. The fourth-order valence-corrected chi connectivity index (χ4v) is 5.14. The average Bonchev–Trinajstić information content (AvgIpc) is 3.50. The van der Waals surface area contributed by atoms with E-state index in [0.717, 1.165) is 5.82 Å². The van der Waals surface area contributed by atoms with E-state index in [4.69, 9.17) is 0 Å². The SMILES string of the molecule is C[C@H](Sc1n[nH]c(Cc2cccs2)n1)C(=O)Nc1cccc2c1C(=O)c1ccccc1C2=O. The normalized spacial score (nSPS) is 13.4. The number of hydrogen-bond donors (Lipinski definition) is 2. The van der Waals surface area contributed by atoms with Crippen molar-refractivity contribution in [1.82, 2.24) is 15.2 Å². The van der Waals surface area contributed by atoms with E-state index in [2.05, 4.69) is 20.5 Å². The minimum Gasteiger partial charge on any atom is -0.324 e. The van der Waals surface area contributed by atoms with Gasteiger partial charge in [-0.25, -0.2) is 4.98 Å². The van der Waals surface area contributed by atoms with Crippen molar-refractivity contribution in [1.29, 1.82) is 0 Å². The fraction of sp³-hybridized carbons (Fsp3) is 0.125. The number of ketones is 2. The molecule has 2 aromatic carbocycles. The molecular formula is C24H18N4O3S2. The molecule has 0 bridgehead atoms. The molecule has 1 aliphatic rings. The van der Waals surface area contributed by atoms with E-state index in [1.54, 1.807) is 60.7 Å². The molecule has 9 heteroatoms. The van der Waals surface area contributed by atoms with Crippen molar-refractivity contribution in [2.45, 2.75) is 23.8 Å². The summed E-state index contributed by atoms with van der Waals surface area (Å²) in [4.78, 5) is 44.5. The summed E-state index contributed by atoms with van der Waals surface area (Å²) in [5.74, 6) is -0.0779. The van der Waals surface area contributed by atoms with Crippen LogP contribution in [0.4, 0.5) is 5.69 Å². The number of nitrogens with one attached hydrogen (secondary N) is 2. The molecule has 2 N–H and O–H groups in total. The number of nitrogens with zero attached hydrogens (tertiary/aromatic N) is 2. The largest absolute Gasteiger partial charge is 0.324 e. The molecule has 0 aliphatic heterocycles. The number of carbonyl (C=O) groups excluding carboxylic acids is 3. The zero-order chi connectivity index (χ0) is 22.9. The van der Waals surface area contributed by atoms with Crippen LogP contribution in [0.25, 0.3) is 0 Å². The number of carbonyl (C=O) groups is 3. The number of benzene rings is 2. The Kier molecular flexibility index (Phi) is 5.65. The first kappa shape index (κ1) is 21.3. The molecule has 33 heavy (non-hydrogen) atoms. The van der Waals surface area contributed by atoms with Gasteiger partial charge < -0.3 is 5.32 Å². The van der Waals surface area contributed by atoms with Crippen molar-refractivity contribution in [3.05, 3.63) is 92.9 Å². The van der Waals surface area contributed by atoms with Crippen molar-refractivity contribution in [2.24, 2.45) is 0 Å². The van der Waals surface area contributed by atoms with E-state index in [1.807, 2.05) is 17.5 Å². The molecule has 2 aromatic heterocycles. The number of aromatic nitrogens is 3. The molecule has 5 rings (SSSR count). The summed E-state index contributed by atoms with van der Waals surface area (Å²) in [5.41, 5.74) is 1.57. The van der Waals surface area contributed by atoms with Crippen LogP contribution in [0, 0.1) is 0 Å². The zero-order valence-electron chi connectivity index (χ0n) is 17.5. The third kappa shape index (κ3) is 4.12. The highest BCUT2D eigenvalue weighted by atomic mass is 32.2. The van der Waals surface area contributed by atoms with Gasteiger partial charge in [-0.1, -0.05) is 54.2 Å². The summed E-state index contributed by atoms with van der Waals surface area (Å²) in [5, 5.41) is 11.9. The highest BCUT2D eigenvalue weighted by Crippen LogP contribution is 2.32. The van der Waals surface area contributed by atoms with Gasteiger partial charge in [0.15, 0.2) is 11.6 Å². The molecule has 2 heterocycles. The van der Waals surface area contributed by atoms with Crippen molar-refractivity contribution >= 4 is 46.3 Å². The first-order chi connectivity index (χ1) is 16.0. The van der Waals surface area contributed by atoms with Gasteiger partial charge in [-0.05, 0) is 24.4 Å². The summed E-state index contributed by atoms with van der Waals surface area (Å²) in [6, 6.07) is 15.7. The lowest BCUT2D eigenvalue weighted by atomic mass is 9.83. The monoisotopic (exact) mass is 474 g/mol. The van der Waals surface area contributed by atoms with Crippen molar-refractivity contribution in [3.63, 3.8) is 0 Å². The Hall–Kier alpha value is -3.56. The van der Waals surface area contributed by atoms with Crippen molar-refractivity contribution in [3.8, 4) is 0 Å². The van der Waals surface area contributed by atoms with Crippen LogP contribution in [0.2, 0.25) is 0 Å². The molecule has 0 saturated carbocycles. The molecule has 164 valence electrons. The Balaban J connectivity index is 1.32. The molecule has 1 atom stereocenters. The molecule has 0 spiro atoms. The van der Waals surface area contributed by atoms with Gasteiger partial charge in [0.2, 0.25) is 11.1 Å². The highest BCUT2D eigenvalue weighted by molar-refractivity contribution is 8.00. The fourth-order valence-electron chi connectivity index (χ4n) is 3.68. The maximum Gasteiger partial charge on any atom is 0.237 e. The standard InChI is InChI=1S/C24H18N4O3S2/c1-13(33-24-26-19(27-28-24)12-14-6-5-11-32-14)23(31)25-18-10-4-9-17-20(18)22(30)16-8-3-2-7-15(16)21(17)29/h2-11,13H,12H2,1H3,(H,25,31)(H,26,27,28)/t13-/m0/s1. The molecule has 7 nitrogen and oxygen atoms in total. The highest BCUT2D eigenvalue weighted by Gasteiger charge is 2.32. The van der Waals surface area contributed by atoms with Crippen molar-refractivity contribution in [2.75, 3.05) is 5.32 Å². The second kappa shape index (κ2) is 8.76. The number of hydrogen-bond acceptors (Lipinski definition) is 7. The number of amides is 1. The van der Waals surface area contributed by atoms with Gasteiger partial charge in [-0.2, -0.15) is 0 Å². The van der Waals surface area contributed by atoms with E-state index < -0.39 is 5.25 Å². The smallest absolute Gasteiger partial charge is 0.237 e. The molecule has 1 amide bonds. The number of aromatic amines is 1. The lowest BCUT2D eigenvalue weighted by molar-refractivity contribution is -0.115. The summed E-state index contributed by atoms with van der Waals surface area (Å²) in [6.07, 6.45) is 0.652. The molecule has 4 aromatic rings. The van der Waals surface area contributed by atoms with E-state index in [0.29, 0.717) is 34.0 Å². The lowest BCUT2D eigenvalue weighted by Gasteiger charge is -2.21. The number of thiophene rings is 1.